The Balaban J connectivity index is 1.56. The zero-order valence-corrected chi connectivity index (χ0v) is 17.7. The maximum atomic E-state index is 11.9. The summed E-state index contributed by atoms with van der Waals surface area (Å²) in [6, 6.07) is 13.8. The van der Waals surface area contributed by atoms with Crippen LogP contribution in [0.4, 0.5) is 5.82 Å². The molecule has 0 saturated heterocycles. The van der Waals surface area contributed by atoms with Crippen LogP contribution >= 0.6 is 0 Å². The molecule has 1 aliphatic rings. The fraction of sp³-hybridized carbons (Fsp3) is 0.0800. The van der Waals surface area contributed by atoms with Crippen molar-refractivity contribution in [2.24, 2.45) is 0 Å². The highest BCUT2D eigenvalue weighted by Gasteiger charge is 2.33. The Morgan fingerprint density at radius 1 is 1.15 bits per heavy atom. The smallest absolute Gasteiger partial charge is 0.243 e. The van der Waals surface area contributed by atoms with E-state index in [-0.39, 0.29) is 17.7 Å². The molecule has 8 nitrogen and oxygen atoms in total. The van der Waals surface area contributed by atoms with Crippen molar-refractivity contribution in [2.45, 2.75) is 12.6 Å². The molecule has 4 N–H and O–H groups in total. The van der Waals surface area contributed by atoms with Crippen molar-refractivity contribution in [1.82, 2.24) is 19.9 Å². The molecule has 0 bridgehead atoms. The van der Waals surface area contributed by atoms with E-state index in [0.29, 0.717) is 29.5 Å². The van der Waals surface area contributed by atoms with Gasteiger partial charge in [0.25, 0.3) is 0 Å². The van der Waals surface area contributed by atoms with Gasteiger partial charge in [0.05, 0.1) is 17.1 Å². The van der Waals surface area contributed by atoms with Gasteiger partial charge < -0.3 is 25.5 Å². The predicted octanol–water partition coefficient (Wildman–Crippen LogP) is 3.88. The highest BCUT2D eigenvalue weighted by atomic mass is 16.5. The van der Waals surface area contributed by atoms with Crippen LogP contribution in [0.15, 0.2) is 74.1 Å². The Bertz CT molecular complexity index is 1410. The highest BCUT2D eigenvalue weighted by molar-refractivity contribution is 6.07. The van der Waals surface area contributed by atoms with E-state index in [1.165, 1.54) is 12.4 Å². The average molecular weight is 439 g/mol. The zero-order chi connectivity index (χ0) is 23.1. The first-order valence-electron chi connectivity index (χ1n) is 10.3. The number of rotatable bonds is 5. The number of aromatic hydroxyl groups is 1. The largest absolute Gasteiger partial charge is 0.508 e. The van der Waals surface area contributed by atoms with E-state index < -0.39 is 0 Å². The van der Waals surface area contributed by atoms with Gasteiger partial charge in [0, 0.05) is 12.1 Å². The number of hydrogen-bond acceptors (Lipinski definition) is 6. The summed E-state index contributed by atoms with van der Waals surface area (Å²) >= 11 is 0. The van der Waals surface area contributed by atoms with E-state index >= 15 is 0 Å². The van der Waals surface area contributed by atoms with Crippen LogP contribution in [-0.4, -0.2) is 31.6 Å². The van der Waals surface area contributed by atoms with Gasteiger partial charge in [-0.3, -0.25) is 4.79 Å². The Labute approximate surface area is 189 Å². The van der Waals surface area contributed by atoms with Gasteiger partial charge >= 0.3 is 0 Å². The van der Waals surface area contributed by atoms with Crippen LogP contribution in [0.25, 0.3) is 27.7 Å². The quantitative estimate of drug-likeness (QED) is 0.407. The predicted molar refractivity (Wildman–Crippen MR) is 127 cm³/mol. The number of phenolic OH excluding ortho intramolecular Hbond substituents is 1. The Hall–Kier alpha value is -4.59. The lowest BCUT2D eigenvalue weighted by atomic mass is 9.97. The molecule has 1 aliphatic heterocycles. The number of phenols is 1. The standard InChI is InChI=1S/C25H21N5O3/c1-3-20(32)29-19-12-30-23(14(19)2)21(22-24(26)27-13-28-25(22)30)15-4-8-17(9-5-15)33-18-10-6-16(31)7-11-18/h3-11,13,19,31H,1-2,12H2,(H,29,32)(H2,26,27,28)/t19-/m1/s1. The number of hydrogen-bond donors (Lipinski definition) is 3. The molecule has 3 heterocycles. The molecule has 0 radical (unpaired) electrons. The first-order valence-corrected chi connectivity index (χ1v) is 10.3. The molecular weight excluding hydrogens is 418 g/mol. The fourth-order valence-corrected chi connectivity index (χ4v) is 4.15. The number of benzene rings is 2. The van der Waals surface area contributed by atoms with Crippen LogP contribution in [0.2, 0.25) is 0 Å². The summed E-state index contributed by atoms with van der Waals surface area (Å²) in [5.41, 5.74) is 10.3. The third-order valence-electron chi connectivity index (χ3n) is 5.68. The number of nitrogens with two attached hydrogens (primary N) is 1. The number of ether oxygens (including phenoxy) is 1. The van der Waals surface area contributed by atoms with Gasteiger partial charge in [0.2, 0.25) is 5.91 Å². The average Bonchev–Trinajstić information content (AvgIpc) is 3.31. The Morgan fingerprint density at radius 3 is 2.48 bits per heavy atom. The van der Waals surface area contributed by atoms with Crippen LogP contribution in [0, 0.1) is 0 Å². The summed E-state index contributed by atoms with van der Waals surface area (Å²) in [6.45, 7) is 8.26. The van der Waals surface area contributed by atoms with Crippen molar-refractivity contribution in [1.29, 1.82) is 0 Å². The van der Waals surface area contributed by atoms with Gasteiger partial charge in [-0.2, -0.15) is 0 Å². The maximum absolute atomic E-state index is 11.9. The van der Waals surface area contributed by atoms with Crippen molar-refractivity contribution in [3.8, 4) is 28.4 Å². The molecule has 164 valence electrons. The lowest BCUT2D eigenvalue weighted by Gasteiger charge is -2.13. The van der Waals surface area contributed by atoms with Crippen LogP contribution in [-0.2, 0) is 11.3 Å². The van der Waals surface area contributed by atoms with Crippen molar-refractivity contribution in [3.63, 3.8) is 0 Å². The molecular formula is C25H21N5O3. The Kier molecular flexibility index (Phi) is 4.82. The second-order valence-corrected chi connectivity index (χ2v) is 7.70. The van der Waals surface area contributed by atoms with Crippen molar-refractivity contribution in [2.75, 3.05) is 5.73 Å². The molecule has 1 amide bonds. The van der Waals surface area contributed by atoms with Crippen LogP contribution in [0.5, 0.6) is 17.2 Å². The van der Waals surface area contributed by atoms with E-state index in [1.807, 2.05) is 28.8 Å². The summed E-state index contributed by atoms with van der Waals surface area (Å²) in [5.74, 6) is 1.55. The van der Waals surface area contributed by atoms with Gasteiger partial charge in [-0.1, -0.05) is 25.3 Å². The molecule has 0 unspecified atom stereocenters. The lowest BCUT2D eigenvalue weighted by Crippen LogP contribution is -2.33. The second-order valence-electron chi connectivity index (χ2n) is 7.70. The zero-order valence-electron chi connectivity index (χ0n) is 17.7. The topological polar surface area (TPSA) is 115 Å². The number of fused-ring (bicyclic) bond motifs is 3. The fourth-order valence-electron chi connectivity index (χ4n) is 4.15. The number of aromatic nitrogens is 3. The summed E-state index contributed by atoms with van der Waals surface area (Å²) in [7, 11) is 0. The molecule has 0 saturated carbocycles. The van der Waals surface area contributed by atoms with Gasteiger partial charge in [-0.15, -0.1) is 0 Å². The minimum absolute atomic E-state index is 0.176. The summed E-state index contributed by atoms with van der Waals surface area (Å²) in [6.07, 6.45) is 2.68. The molecule has 33 heavy (non-hydrogen) atoms. The third kappa shape index (κ3) is 3.47. The Morgan fingerprint density at radius 2 is 1.82 bits per heavy atom. The first kappa shape index (κ1) is 20.3. The monoisotopic (exact) mass is 439 g/mol. The normalized spacial score (nSPS) is 14.8. The number of nitrogens with zero attached hydrogens (tertiary/aromatic N) is 3. The van der Waals surface area contributed by atoms with Gasteiger partial charge in [0.1, 0.15) is 35.0 Å². The molecule has 1 atom stereocenters. The third-order valence-corrected chi connectivity index (χ3v) is 5.68. The molecule has 0 spiro atoms. The van der Waals surface area contributed by atoms with Gasteiger partial charge in [-0.25, -0.2) is 9.97 Å². The van der Waals surface area contributed by atoms with Crippen LogP contribution < -0.4 is 15.8 Å². The van der Waals surface area contributed by atoms with Crippen molar-refractivity contribution >= 4 is 28.3 Å². The first-order chi connectivity index (χ1) is 16.0. The van der Waals surface area contributed by atoms with E-state index in [9.17, 15) is 9.90 Å². The highest BCUT2D eigenvalue weighted by Crippen LogP contribution is 2.44. The molecule has 2 aromatic carbocycles. The van der Waals surface area contributed by atoms with Gasteiger partial charge in [-0.05, 0) is 53.6 Å². The second kappa shape index (κ2) is 7.83. The molecule has 8 heteroatoms. The van der Waals surface area contributed by atoms with Crippen molar-refractivity contribution in [3.05, 3.63) is 79.8 Å². The SMILES string of the molecule is C=CC(=O)N[C@@H]1Cn2c(c(-c3ccc(Oc4ccc(O)cc4)cc3)c3c(N)ncnc32)C1=C. The number of carbonyl (C=O) groups is 1. The maximum Gasteiger partial charge on any atom is 0.243 e. The number of anilines is 1. The molecule has 4 aromatic rings. The molecule has 2 aromatic heterocycles. The molecule has 0 aliphatic carbocycles. The van der Waals surface area contributed by atoms with Gasteiger partial charge in [0.15, 0.2) is 0 Å². The van der Waals surface area contributed by atoms with E-state index in [2.05, 4.69) is 28.4 Å². The molecule has 5 rings (SSSR count). The number of nitrogens with one attached hydrogen (secondary N) is 1. The van der Waals surface area contributed by atoms with E-state index in [4.69, 9.17) is 10.5 Å². The minimum atomic E-state index is -0.276. The summed E-state index contributed by atoms with van der Waals surface area (Å²) in [4.78, 5) is 20.6. The van der Waals surface area contributed by atoms with Crippen molar-refractivity contribution < 1.29 is 14.6 Å². The van der Waals surface area contributed by atoms with E-state index in [1.54, 1.807) is 24.3 Å². The summed E-state index contributed by atoms with van der Waals surface area (Å²) < 4.78 is 7.88. The lowest BCUT2D eigenvalue weighted by molar-refractivity contribution is -0.116. The van der Waals surface area contributed by atoms with Crippen LogP contribution in [0.3, 0.4) is 0 Å². The summed E-state index contributed by atoms with van der Waals surface area (Å²) in [5, 5.41) is 13.1. The van der Waals surface area contributed by atoms with E-state index in [0.717, 1.165) is 27.8 Å². The van der Waals surface area contributed by atoms with Crippen LogP contribution in [0.1, 0.15) is 5.69 Å². The number of amides is 1. The minimum Gasteiger partial charge on any atom is -0.508 e. The number of carbonyl (C=O) groups excluding carboxylic acids is 1. The molecule has 0 fully saturated rings. The number of nitrogen functional groups attached to an aromatic ring is 1.